The molecule has 1 atom stereocenters. The van der Waals surface area contributed by atoms with Gasteiger partial charge in [-0.1, -0.05) is 19.6 Å². The third-order valence-corrected chi connectivity index (χ3v) is 5.02. The lowest BCUT2D eigenvalue weighted by atomic mass is 9.95. The van der Waals surface area contributed by atoms with Crippen LogP contribution in [0.25, 0.3) is 0 Å². The van der Waals surface area contributed by atoms with Gasteiger partial charge in [0, 0.05) is 27.6 Å². The molecule has 19 heavy (non-hydrogen) atoms. The molecule has 1 amide bonds. The zero-order valence-corrected chi connectivity index (χ0v) is 13.1. The average molecular weight is 287 g/mol. The van der Waals surface area contributed by atoms with Crippen LogP contribution in [0.15, 0.2) is 0 Å². The Kier molecular flexibility index (Phi) is 5.84. The molecule has 1 aliphatic heterocycles. The predicted octanol–water partition coefficient (Wildman–Crippen LogP) is 2.65. The van der Waals surface area contributed by atoms with E-state index in [4.69, 9.17) is 9.84 Å². The number of hydrogen-bond acceptors (Lipinski definition) is 3. The maximum absolute atomic E-state index is 11.9. The van der Waals surface area contributed by atoms with E-state index in [0.29, 0.717) is 19.7 Å². The molecule has 1 heterocycles. The molecule has 110 valence electrons. The molecule has 1 N–H and O–H groups in total. The van der Waals surface area contributed by atoms with Crippen LogP contribution in [0.1, 0.15) is 19.3 Å². The van der Waals surface area contributed by atoms with E-state index in [1.807, 2.05) is 0 Å². The van der Waals surface area contributed by atoms with Crippen LogP contribution in [-0.2, 0) is 9.53 Å². The maximum Gasteiger partial charge on any atom is 0.409 e. The Hall–Kier alpha value is -1.04. The summed E-state index contributed by atoms with van der Waals surface area (Å²) in [5, 5.41) is 8.79. The summed E-state index contributed by atoms with van der Waals surface area (Å²) in [4.78, 5) is 24.2. The van der Waals surface area contributed by atoms with E-state index < -0.39 is 14.0 Å². The third kappa shape index (κ3) is 6.61. The lowest BCUT2D eigenvalue weighted by Crippen LogP contribution is -2.41. The van der Waals surface area contributed by atoms with Crippen LogP contribution in [0.3, 0.4) is 0 Å². The summed E-state index contributed by atoms with van der Waals surface area (Å²) in [6.45, 7) is 8.40. The minimum Gasteiger partial charge on any atom is -0.481 e. The molecule has 0 saturated carbocycles. The van der Waals surface area contributed by atoms with Crippen LogP contribution in [0, 0.1) is 5.92 Å². The number of carboxylic acids is 1. The molecule has 0 aromatic rings. The average Bonchev–Trinajstić information content (AvgIpc) is 2.26. The summed E-state index contributed by atoms with van der Waals surface area (Å²) in [5.74, 6) is -0.727. The topological polar surface area (TPSA) is 66.8 Å². The molecule has 0 aliphatic carbocycles. The molecule has 0 bridgehead atoms. The van der Waals surface area contributed by atoms with Crippen LogP contribution in [0.4, 0.5) is 4.79 Å². The Morgan fingerprint density at radius 3 is 2.63 bits per heavy atom. The number of carboxylic acid groups (broad SMARTS) is 1. The fraction of sp³-hybridized carbons (Fsp3) is 0.846. The highest BCUT2D eigenvalue weighted by Gasteiger charge is 2.26. The Bertz CT molecular complexity index is 327. The SMILES string of the molecule is C[Si](C)(C)CCOC(=O)N1CCCC(CC(=O)O)C1. The minimum absolute atomic E-state index is 0.0655. The molecule has 1 saturated heterocycles. The van der Waals surface area contributed by atoms with Crippen molar-refractivity contribution in [2.24, 2.45) is 5.92 Å². The Labute approximate surface area is 115 Å². The van der Waals surface area contributed by atoms with Gasteiger partial charge < -0.3 is 14.7 Å². The van der Waals surface area contributed by atoms with Crippen LogP contribution < -0.4 is 0 Å². The largest absolute Gasteiger partial charge is 0.481 e. The smallest absolute Gasteiger partial charge is 0.409 e. The normalized spacial score (nSPS) is 20.2. The zero-order chi connectivity index (χ0) is 14.5. The number of carbonyl (C=O) groups is 2. The van der Waals surface area contributed by atoms with Gasteiger partial charge in [-0.3, -0.25) is 4.79 Å². The second-order valence-corrected chi connectivity index (χ2v) is 12.1. The quantitative estimate of drug-likeness (QED) is 0.789. The van der Waals surface area contributed by atoms with Crippen molar-refractivity contribution in [2.75, 3.05) is 19.7 Å². The van der Waals surface area contributed by atoms with Crippen LogP contribution in [0.5, 0.6) is 0 Å². The van der Waals surface area contributed by atoms with E-state index >= 15 is 0 Å². The lowest BCUT2D eigenvalue weighted by molar-refractivity contribution is -0.138. The number of likely N-dealkylation sites (tertiary alicyclic amines) is 1. The molecule has 1 aliphatic rings. The first kappa shape index (κ1) is 16.0. The van der Waals surface area contributed by atoms with Crippen LogP contribution >= 0.6 is 0 Å². The van der Waals surface area contributed by atoms with Gasteiger partial charge in [-0.2, -0.15) is 0 Å². The van der Waals surface area contributed by atoms with Crippen molar-refractivity contribution < 1.29 is 19.4 Å². The molecule has 0 aromatic carbocycles. The summed E-state index contributed by atoms with van der Waals surface area (Å²) in [6.07, 6.45) is 1.60. The van der Waals surface area contributed by atoms with Gasteiger partial charge in [0.15, 0.2) is 0 Å². The number of carbonyl (C=O) groups excluding carboxylic acids is 1. The van der Waals surface area contributed by atoms with Crippen molar-refractivity contribution >= 4 is 20.1 Å². The van der Waals surface area contributed by atoms with Gasteiger partial charge in [0.1, 0.15) is 0 Å². The van der Waals surface area contributed by atoms with E-state index in [9.17, 15) is 9.59 Å². The predicted molar refractivity (Wildman–Crippen MR) is 76.1 cm³/mol. The summed E-state index contributed by atoms with van der Waals surface area (Å²) in [5.41, 5.74) is 0. The van der Waals surface area contributed by atoms with Gasteiger partial charge >= 0.3 is 12.1 Å². The van der Waals surface area contributed by atoms with Gasteiger partial charge in [0.05, 0.1) is 6.61 Å². The fourth-order valence-corrected chi connectivity index (χ4v) is 2.89. The second kappa shape index (κ2) is 6.93. The number of ether oxygens (including phenoxy) is 1. The molecule has 1 rings (SSSR count). The molecule has 0 spiro atoms. The van der Waals surface area contributed by atoms with Crippen molar-refractivity contribution in [3.63, 3.8) is 0 Å². The number of piperidine rings is 1. The van der Waals surface area contributed by atoms with Crippen LogP contribution in [0.2, 0.25) is 25.7 Å². The number of nitrogens with zero attached hydrogens (tertiary/aromatic N) is 1. The highest BCUT2D eigenvalue weighted by molar-refractivity contribution is 6.76. The molecule has 0 aromatic heterocycles. The van der Waals surface area contributed by atoms with Crippen molar-refractivity contribution in [1.82, 2.24) is 4.90 Å². The van der Waals surface area contributed by atoms with E-state index in [0.717, 1.165) is 18.9 Å². The van der Waals surface area contributed by atoms with Crippen LogP contribution in [-0.4, -0.2) is 49.8 Å². The molecule has 1 unspecified atom stereocenters. The zero-order valence-electron chi connectivity index (χ0n) is 12.1. The van der Waals surface area contributed by atoms with Crippen molar-refractivity contribution in [3.8, 4) is 0 Å². The first-order chi connectivity index (χ1) is 8.78. The molecule has 1 fully saturated rings. The summed E-state index contributed by atoms with van der Waals surface area (Å²) in [6, 6.07) is 0.963. The van der Waals surface area contributed by atoms with E-state index in [2.05, 4.69) is 19.6 Å². The lowest BCUT2D eigenvalue weighted by Gasteiger charge is -2.31. The summed E-state index contributed by atoms with van der Waals surface area (Å²) >= 11 is 0. The Balaban J connectivity index is 2.33. The van der Waals surface area contributed by atoms with E-state index in [1.165, 1.54) is 0 Å². The second-order valence-electron chi connectivity index (χ2n) is 6.48. The van der Waals surface area contributed by atoms with E-state index in [1.54, 1.807) is 4.90 Å². The summed E-state index contributed by atoms with van der Waals surface area (Å²) < 4.78 is 5.29. The summed E-state index contributed by atoms with van der Waals surface area (Å²) in [7, 11) is -1.18. The Morgan fingerprint density at radius 2 is 2.05 bits per heavy atom. The van der Waals surface area contributed by atoms with Gasteiger partial charge in [-0.15, -0.1) is 0 Å². The molecule has 0 radical (unpaired) electrons. The van der Waals surface area contributed by atoms with Gasteiger partial charge in [0.25, 0.3) is 0 Å². The number of hydrogen-bond donors (Lipinski definition) is 1. The van der Waals surface area contributed by atoms with Gasteiger partial charge in [0.2, 0.25) is 0 Å². The van der Waals surface area contributed by atoms with Gasteiger partial charge in [-0.05, 0) is 24.8 Å². The monoisotopic (exact) mass is 287 g/mol. The first-order valence-corrected chi connectivity index (χ1v) is 10.6. The van der Waals surface area contributed by atoms with Crippen molar-refractivity contribution in [2.45, 2.75) is 44.9 Å². The van der Waals surface area contributed by atoms with Crippen molar-refractivity contribution in [1.29, 1.82) is 0 Å². The van der Waals surface area contributed by atoms with Crippen molar-refractivity contribution in [3.05, 3.63) is 0 Å². The molecule has 5 nitrogen and oxygen atoms in total. The molecule has 6 heteroatoms. The molecular weight excluding hydrogens is 262 g/mol. The number of rotatable bonds is 5. The standard InChI is InChI=1S/C13H25NO4Si/c1-19(2,3)8-7-18-13(17)14-6-4-5-11(10-14)9-12(15)16/h11H,4-10H2,1-3H3,(H,15,16). The van der Waals surface area contributed by atoms with E-state index in [-0.39, 0.29) is 18.4 Å². The van der Waals surface area contributed by atoms with Gasteiger partial charge in [-0.25, -0.2) is 4.79 Å². The Morgan fingerprint density at radius 1 is 1.37 bits per heavy atom. The number of amides is 1. The number of aliphatic carboxylic acids is 1. The third-order valence-electron chi connectivity index (χ3n) is 3.32. The molecular formula is C13H25NO4Si. The highest BCUT2D eigenvalue weighted by Crippen LogP contribution is 2.20. The highest BCUT2D eigenvalue weighted by atomic mass is 28.3. The first-order valence-electron chi connectivity index (χ1n) is 6.91. The fourth-order valence-electron chi connectivity index (χ4n) is 2.18. The maximum atomic E-state index is 11.9. The minimum atomic E-state index is -1.18.